The number of methoxy groups -OCH3 is 1. The molecule has 0 aliphatic rings. The largest absolute Gasteiger partial charge is 0.493 e. The van der Waals surface area contributed by atoms with Crippen LogP contribution in [0, 0.1) is 0 Å². The van der Waals surface area contributed by atoms with Gasteiger partial charge in [0.25, 0.3) is 0 Å². The van der Waals surface area contributed by atoms with Crippen molar-refractivity contribution in [1.29, 1.82) is 0 Å². The van der Waals surface area contributed by atoms with E-state index in [4.69, 9.17) is 20.9 Å². The van der Waals surface area contributed by atoms with Crippen molar-refractivity contribution in [1.82, 2.24) is 4.98 Å². The summed E-state index contributed by atoms with van der Waals surface area (Å²) in [5.74, 6) is 0.614. The minimum absolute atomic E-state index is 0.338. The highest BCUT2D eigenvalue weighted by atomic mass is 16.5. The average molecular weight is 259 g/mol. The first-order chi connectivity index (χ1) is 9.10. The van der Waals surface area contributed by atoms with E-state index in [1.807, 2.05) is 0 Å². The Morgan fingerprint density at radius 2 is 2.00 bits per heavy atom. The number of carbonyl (C=O) groups excluding carboxylic acids is 1. The third kappa shape index (κ3) is 2.92. The van der Waals surface area contributed by atoms with Gasteiger partial charge in [-0.2, -0.15) is 0 Å². The van der Waals surface area contributed by atoms with Crippen molar-refractivity contribution >= 4 is 11.6 Å². The van der Waals surface area contributed by atoms with E-state index in [0.29, 0.717) is 28.6 Å². The van der Waals surface area contributed by atoms with Crippen molar-refractivity contribution in [2.24, 2.45) is 5.73 Å². The maximum Gasteiger partial charge on any atom is 0.248 e. The summed E-state index contributed by atoms with van der Waals surface area (Å²) in [6, 6.07) is 7.88. The topological polar surface area (TPSA) is 100 Å². The Morgan fingerprint density at radius 3 is 2.63 bits per heavy atom. The lowest BCUT2D eigenvalue weighted by molar-refractivity contribution is 0.1000. The quantitative estimate of drug-likeness (QED) is 0.867. The number of hydrogen-bond acceptors (Lipinski definition) is 5. The summed E-state index contributed by atoms with van der Waals surface area (Å²) in [4.78, 5) is 15.1. The van der Waals surface area contributed by atoms with Crippen LogP contribution in [0.3, 0.4) is 0 Å². The van der Waals surface area contributed by atoms with Gasteiger partial charge in [-0.15, -0.1) is 0 Å². The Balaban J connectivity index is 2.32. The number of carbonyl (C=O) groups is 1. The molecular formula is C13H13N3O3. The summed E-state index contributed by atoms with van der Waals surface area (Å²) < 4.78 is 10.7. The number of anilines is 1. The van der Waals surface area contributed by atoms with Gasteiger partial charge in [0, 0.05) is 23.5 Å². The number of nitrogens with two attached hydrogens (primary N) is 2. The van der Waals surface area contributed by atoms with Crippen LogP contribution in [0.2, 0.25) is 0 Å². The zero-order valence-corrected chi connectivity index (χ0v) is 10.3. The molecule has 0 radical (unpaired) electrons. The minimum Gasteiger partial charge on any atom is -0.493 e. The predicted octanol–water partition coefficient (Wildman–Crippen LogP) is 1.56. The van der Waals surface area contributed by atoms with E-state index in [1.54, 1.807) is 24.3 Å². The Kier molecular flexibility index (Phi) is 3.51. The number of nitrogen functional groups attached to an aromatic ring is 1. The SMILES string of the molecule is COc1cc(C(N)=O)ccc1Oc1cc(N)ccn1. The van der Waals surface area contributed by atoms with Crippen molar-refractivity contribution in [3.05, 3.63) is 42.1 Å². The van der Waals surface area contributed by atoms with Crippen LogP contribution in [0.15, 0.2) is 36.5 Å². The number of aromatic nitrogens is 1. The first kappa shape index (κ1) is 12.7. The molecule has 0 spiro atoms. The highest BCUT2D eigenvalue weighted by Gasteiger charge is 2.10. The molecule has 4 N–H and O–H groups in total. The lowest BCUT2D eigenvalue weighted by Crippen LogP contribution is -2.10. The van der Waals surface area contributed by atoms with Crippen molar-refractivity contribution in [3.8, 4) is 17.4 Å². The first-order valence-electron chi connectivity index (χ1n) is 5.47. The number of primary amides is 1. The fourth-order valence-corrected chi connectivity index (χ4v) is 1.50. The first-order valence-corrected chi connectivity index (χ1v) is 5.47. The molecule has 0 aliphatic carbocycles. The van der Waals surface area contributed by atoms with Crippen LogP contribution in [0.25, 0.3) is 0 Å². The third-order valence-corrected chi connectivity index (χ3v) is 2.42. The van der Waals surface area contributed by atoms with Crippen LogP contribution in [0.1, 0.15) is 10.4 Å². The van der Waals surface area contributed by atoms with E-state index >= 15 is 0 Å². The standard InChI is InChI=1S/C13H13N3O3/c1-18-11-6-8(13(15)17)2-3-10(11)19-12-7-9(14)4-5-16-12/h2-7H,1H3,(H2,14,16)(H2,15,17). The molecule has 0 atom stereocenters. The molecule has 0 bridgehead atoms. The van der Waals surface area contributed by atoms with Crippen LogP contribution in [-0.4, -0.2) is 18.0 Å². The van der Waals surface area contributed by atoms with E-state index in [0.717, 1.165) is 0 Å². The summed E-state index contributed by atoms with van der Waals surface area (Å²) in [5.41, 5.74) is 11.7. The maximum absolute atomic E-state index is 11.1. The summed E-state index contributed by atoms with van der Waals surface area (Å²) in [6.45, 7) is 0. The van der Waals surface area contributed by atoms with Crippen LogP contribution in [-0.2, 0) is 0 Å². The fraction of sp³-hybridized carbons (Fsp3) is 0.0769. The number of nitrogens with zero attached hydrogens (tertiary/aromatic N) is 1. The van der Waals surface area contributed by atoms with Gasteiger partial charge in [0.1, 0.15) is 0 Å². The van der Waals surface area contributed by atoms with E-state index < -0.39 is 5.91 Å². The molecule has 1 heterocycles. The molecule has 6 nitrogen and oxygen atoms in total. The zero-order valence-electron chi connectivity index (χ0n) is 10.3. The van der Waals surface area contributed by atoms with Gasteiger partial charge in [-0.3, -0.25) is 4.79 Å². The van der Waals surface area contributed by atoms with Crippen LogP contribution >= 0.6 is 0 Å². The predicted molar refractivity (Wildman–Crippen MR) is 70.2 cm³/mol. The molecule has 98 valence electrons. The maximum atomic E-state index is 11.1. The zero-order chi connectivity index (χ0) is 13.8. The van der Waals surface area contributed by atoms with Crippen molar-refractivity contribution < 1.29 is 14.3 Å². The number of pyridine rings is 1. The molecule has 1 amide bonds. The van der Waals surface area contributed by atoms with Crippen molar-refractivity contribution in [2.45, 2.75) is 0 Å². The summed E-state index contributed by atoms with van der Waals surface area (Å²) >= 11 is 0. The number of benzene rings is 1. The van der Waals surface area contributed by atoms with Crippen LogP contribution in [0.4, 0.5) is 5.69 Å². The second-order valence-corrected chi connectivity index (χ2v) is 3.76. The highest BCUT2D eigenvalue weighted by molar-refractivity contribution is 5.93. The van der Waals surface area contributed by atoms with Crippen LogP contribution in [0.5, 0.6) is 17.4 Å². The normalized spacial score (nSPS) is 9.95. The smallest absolute Gasteiger partial charge is 0.248 e. The summed E-state index contributed by atoms with van der Waals surface area (Å²) in [6.07, 6.45) is 1.54. The van der Waals surface area contributed by atoms with E-state index in [9.17, 15) is 4.79 Å². The van der Waals surface area contributed by atoms with E-state index in [-0.39, 0.29) is 0 Å². The Labute approximate surface area is 110 Å². The van der Waals surface area contributed by atoms with Gasteiger partial charge in [-0.25, -0.2) is 4.98 Å². The van der Waals surface area contributed by atoms with Crippen molar-refractivity contribution in [3.63, 3.8) is 0 Å². The highest BCUT2D eigenvalue weighted by Crippen LogP contribution is 2.31. The molecule has 1 aromatic carbocycles. The van der Waals surface area contributed by atoms with Gasteiger partial charge in [0.2, 0.25) is 11.8 Å². The number of rotatable bonds is 4. The van der Waals surface area contributed by atoms with Gasteiger partial charge in [-0.05, 0) is 24.3 Å². The van der Waals surface area contributed by atoms with Gasteiger partial charge >= 0.3 is 0 Å². The second-order valence-electron chi connectivity index (χ2n) is 3.76. The molecule has 2 aromatic rings. The number of ether oxygens (including phenoxy) is 2. The molecule has 6 heteroatoms. The average Bonchev–Trinajstić information content (AvgIpc) is 2.39. The van der Waals surface area contributed by atoms with Gasteiger partial charge in [0.05, 0.1) is 7.11 Å². The van der Waals surface area contributed by atoms with Gasteiger partial charge in [0.15, 0.2) is 11.5 Å². The third-order valence-electron chi connectivity index (χ3n) is 2.42. The van der Waals surface area contributed by atoms with E-state index in [2.05, 4.69) is 4.98 Å². The summed E-state index contributed by atoms with van der Waals surface area (Å²) in [7, 11) is 1.47. The number of amides is 1. The molecular weight excluding hydrogens is 246 g/mol. The fourth-order valence-electron chi connectivity index (χ4n) is 1.50. The van der Waals surface area contributed by atoms with Crippen LogP contribution < -0.4 is 20.9 Å². The molecule has 0 unspecified atom stereocenters. The Morgan fingerprint density at radius 1 is 1.21 bits per heavy atom. The van der Waals surface area contributed by atoms with Gasteiger partial charge in [-0.1, -0.05) is 0 Å². The minimum atomic E-state index is -0.535. The van der Waals surface area contributed by atoms with Gasteiger partial charge < -0.3 is 20.9 Å². The monoisotopic (exact) mass is 259 g/mol. The second kappa shape index (κ2) is 5.26. The molecule has 1 aromatic heterocycles. The molecule has 0 aliphatic heterocycles. The summed E-state index contributed by atoms with van der Waals surface area (Å²) in [5, 5.41) is 0. The molecule has 0 fully saturated rings. The van der Waals surface area contributed by atoms with E-state index in [1.165, 1.54) is 19.4 Å². The molecule has 2 rings (SSSR count). The lowest BCUT2D eigenvalue weighted by Gasteiger charge is -2.10. The number of hydrogen-bond donors (Lipinski definition) is 2. The molecule has 19 heavy (non-hydrogen) atoms. The Bertz CT molecular complexity index is 614. The molecule has 0 saturated carbocycles. The molecule has 0 saturated heterocycles. The van der Waals surface area contributed by atoms with Crippen molar-refractivity contribution in [2.75, 3.05) is 12.8 Å². The lowest BCUT2D eigenvalue weighted by atomic mass is 10.2. The Hall–Kier alpha value is -2.76.